The summed E-state index contributed by atoms with van der Waals surface area (Å²) in [5.41, 5.74) is 0.161. The molecule has 2 rings (SSSR count). The number of carbonyl (C=O) groups excluding carboxylic acids is 1. The molecule has 1 aliphatic rings. The van der Waals surface area contributed by atoms with E-state index in [9.17, 15) is 9.18 Å². The Morgan fingerprint density at radius 1 is 1.36 bits per heavy atom. The molecule has 0 spiro atoms. The molecule has 1 atom stereocenters. The van der Waals surface area contributed by atoms with Gasteiger partial charge in [0.15, 0.2) is 5.96 Å². The summed E-state index contributed by atoms with van der Waals surface area (Å²) in [6.07, 6.45) is 0.988. The van der Waals surface area contributed by atoms with E-state index in [1.807, 2.05) is 33.8 Å². The molecule has 1 aromatic rings. The van der Waals surface area contributed by atoms with Crippen molar-refractivity contribution in [2.75, 3.05) is 26.2 Å². The molecular formula is C20H32FIN4O2. The molecule has 1 unspecified atom stereocenters. The van der Waals surface area contributed by atoms with E-state index < -0.39 is 11.7 Å². The number of guanidine groups is 1. The van der Waals surface area contributed by atoms with Gasteiger partial charge in [-0.05, 0) is 52.2 Å². The van der Waals surface area contributed by atoms with Gasteiger partial charge in [0.2, 0.25) is 0 Å². The minimum Gasteiger partial charge on any atom is -0.444 e. The lowest BCUT2D eigenvalue weighted by Crippen LogP contribution is -2.44. The van der Waals surface area contributed by atoms with Crippen molar-refractivity contribution in [3.8, 4) is 0 Å². The number of nitrogens with zero attached hydrogens (tertiary/aromatic N) is 2. The molecule has 2 N–H and O–H groups in total. The van der Waals surface area contributed by atoms with Crippen LogP contribution in [0, 0.1) is 5.82 Å². The molecule has 0 bridgehead atoms. The Bertz CT molecular complexity index is 664. The van der Waals surface area contributed by atoms with E-state index >= 15 is 0 Å². The van der Waals surface area contributed by atoms with Crippen LogP contribution in [-0.4, -0.2) is 54.8 Å². The third kappa shape index (κ3) is 8.20. The highest BCUT2D eigenvalue weighted by Crippen LogP contribution is 2.12. The molecule has 0 radical (unpaired) electrons. The van der Waals surface area contributed by atoms with Crippen LogP contribution in [-0.2, 0) is 11.2 Å². The van der Waals surface area contributed by atoms with E-state index in [1.54, 1.807) is 12.1 Å². The summed E-state index contributed by atoms with van der Waals surface area (Å²) in [4.78, 5) is 18.7. The number of aliphatic imine (C=N–C) groups is 1. The van der Waals surface area contributed by atoms with Crippen molar-refractivity contribution < 1.29 is 13.9 Å². The van der Waals surface area contributed by atoms with E-state index in [4.69, 9.17) is 4.74 Å². The molecule has 1 aromatic carbocycles. The number of hydrogen-bond acceptors (Lipinski definition) is 3. The lowest BCUT2D eigenvalue weighted by Gasteiger charge is -2.23. The minimum atomic E-state index is -0.508. The monoisotopic (exact) mass is 506 g/mol. The highest BCUT2D eigenvalue weighted by Gasteiger charge is 2.27. The molecule has 1 aliphatic heterocycles. The smallest absolute Gasteiger partial charge is 0.407 e. The van der Waals surface area contributed by atoms with Gasteiger partial charge in [0, 0.05) is 26.2 Å². The van der Waals surface area contributed by atoms with Gasteiger partial charge in [-0.1, -0.05) is 18.2 Å². The number of carbonyl (C=O) groups is 1. The highest BCUT2D eigenvalue weighted by molar-refractivity contribution is 14.0. The molecule has 0 aliphatic carbocycles. The molecule has 0 aromatic heterocycles. The number of likely N-dealkylation sites (tertiary alicyclic amines) is 1. The Labute approximate surface area is 184 Å². The zero-order valence-electron chi connectivity index (χ0n) is 17.1. The van der Waals surface area contributed by atoms with E-state index in [2.05, 4.69) is 20.5 Å². The van der Waals surface area contributed by atoms with E-state index in [1.165, 1.54) is 6.07 Å². The van der Waals surface area contributed by atoms with Crippen molar-refractivity contribution in [1.29, 1.82) is 0 Å². The quantitative estimate of drug-likeness (QED) is 0.364. The Hall–Kier alpha value is -1.58. The second kappa shape index (κ2) is 11.4. The van der Waals surface area contributed by atoms with Gasteiger partial charge in [-0.15, -0.1) is 24.0 Å². The maximum absolute atomic E-state index is 13.7. The topological polar surface area (TPSA) is 66.0 Å². The first kappa shape index (κ1) is 24.5. The van der Waals surface area contributed by atoms with Gasteiger partial charge in [0.25, 0.3) is 0 Å². The number of halogens is 2. The zero-order valence-corrected chi connectivity index (χ0v) is 19.5. The fourth-order valence-corrected chi connectivity index (χ4v) is 2.95. The SMILES string of the molecule is CCNC(=NCCc1ccccc1F)N1CCC(NC(=O)OC(C)(C)C)C1.I. The summed E-state index contributed by atoms with van der Waals surface area (Å²) in [5.74, 6) is 0.600. The standard InChI is InChI=1S/C20H31FN4O2.HI/c1-5-22-18(23-12-10-15-8-6-7-9-17(15)21)25-13-11-16(14-25)24-19(26)27-20(2,3)4;/h6-9,16H,5,10-14H2,1-4H3,(H,22,23)(H,24,26);1H. The van der Waals surface area contributed by atoms with Crippen molar-refractivity contribution in [3.05, 3.63) is 35.6 Å². The van der Waals surface area contributed by atoms with Crippen LogP contribution in [0.4, 0.5) is 9.18 Å². The molecular weight excluding hydrogens is 474 g/mol. The van der Waals surface area contributed by atoms with Crippen LogP contribution in [0.3, 0.4) is 0 Å². The van der Waals surface area contributed by atoms with Gasteiger partial charge in [-0.2, -0.15) is 0 Å². The van der Waals surface area contributed by atoms with Crippen LogP contribution < -0.4 is 10.6 Å². The van der Waals surface area contributed by atoms with Crippen LogP contribution in [0.2, 0.25) is 0 Å². The summed E-state index contributed by atoms with van der Waals surface area (Å²) in [5, 5.41) is 6.19. The fourth-order valence-electron chi connectivity index (χ4n) is 2.95. The lowest BCUT2D eigenvalue weighted by atomic mass is 10.1. The molecule has 1 amide bonds. The number of amides is 1. The molecule has 0 saturated carbocycles. The normalized spacial score (nSPS) is 17.1. The van der Waals surface area contributed by atoms with Gasteiger partial charge in [-0.25, -0.2) is 9.18 Å². The largest absolute Gasteiger partial charge is 0.444 e. The average molecular weight is 506 g/mol. The van der Waals surface area contributed by atoms with Crippen LogP contribution in [0.5, 0.6) is 0 Å². The third-order valence-corrected chi connectivity index (χ3v) is 4.14. The fraction of sp³-hybridized carbons (Fsp3) is 0.600. The zero-order chi connectivity index (χ0) is 19.9. The first-order valence-electron chi connectivity index (χ1n) is 9.54. The molecule has 8 heteroatoms. The van der Waals surface area contributed by atoms with Gasteiger partial charge in [0.05, 0.1) is 6.04 Å². The first-order chi connectivity index (χ1) is 12.8. The molecule has 1 heterocycles. The number of benzene rings is 1. The summed E-state index contributed by atoms with van der Waals surface area (Å²) < 4.78 is 19.0. The molecule has 1 saturated heterocycles. The number of ether oxygens (including phenoxy) is 1. The maximum Gasteiger partial charge on any atom is 0.407 e. The summed E-state index contributed by atoms with van der Waals surface area (Å²) >= 11 is 0. The molecule has 158 valence electrons. The second-order valence-corrected chi connectivity index (χ2v) is 7.65. The maximum atomic E-state index is 13.7. The van der Waals surface area contributed by atoms with Crippen molar-refractivity contribution in [1.82, 2.24) is 15.5 Å². The van der Waals surface area contributed by atoms with Gasteiger partial charge >= 0.3 is 6.09 Å². The molecule has 1 fully saturated rings. The predicted molar refractivity (Wildman–Crippen MR) is 121 cm³/mol. The van der Waals surface area contributed by atoms with Crippen LogP contribution in [0.15, 0.2) is 29.3 Å². The van der Waals surface area contributed by atoms with Gasteiger partial charge in [0.1, 0.15) is 11.4 Å². The number of alkyl carbamates (subject to hydrolysis) is 1. The Morgan fingerprint density at radius 3 is 2.71 bits per heavy atom. The Morgan fingerprint density at radius 2 is 2.07 bits per heavy atom. The second-order valence-electron chi connectivity index (χ2n) is 7.65. The van der Waals surface area contributed by atoms with E-state index in [-0.39, 0.29) is 35.8 Å². The van der Waals surface area contributed by atoms with Gasteiger partial charge < -0.3 is 20.3 Å². The summed E-state index contributed by atoms with van der Waals surface area (Å²) in [7, 11) is 0. The Kier molecular flexibility index (Phi) is 9.98. The molecule has 6 nitrogen and oxygen atoms in total. The highest BCUT2D eigenvalue weighted by atomic mass is 127. The van der Waals surface area contributed by atoms with Crippen molar-refractivity contribution in [2.24, 2.45) is 4.99 Å². The van der Waals surface area contributed by atoms with E-state index in [0.717, 1.165) is 25.5 Å². The van der Waals surface area contributed by atoms with Crippen LogP contribution in [0.25, 0.3) is 0 Å². The van der Waals surface area contributed by atoms with Crippen molar-refractivity contribution in [2.45, 2.75) is 52.2 Å². The average Bonchev–Trinajstić information content (AvgIpc) is 3.02. The lowest BCUT2D eigenvalue weighted by molar-refractivity contribution is 0.0507. The first-order valence-corrected chi connectivity index (χ1v) is 9.54. The Balaban J connectivity index is 0.00000392. The van der Waals surface area contributed by atoms with Crippen molar-refractivity contribution in [3.63, 3.8) is 0 Å². The number of nitrogens with one attached hydrogen (secondary N) is 2. The predicted octanol–water partition coefficient (Wildman–Crippen LogP) is 3.55. The van der Waals surface area contributed by atoms with Gasteiger partial charge in [-0.3, -0.25) is 4.99 Å². The molecule has 28 heavy (non-hydrogen) atoms. The van der Waals surface area contributed by atoms with Crippen molar-refractivity contribution >= 4 is 36.0 Å². The van der Waals surface area contributed by atoms with Crippen LogP contribution >= 0.6 is 24.0 Å². The van der Waals surface area contributed by atoms with Crippen LogP contribution in [0.1, 0.15) is 39.7 Å². The summed E-state index contributed by atoms with van der Waals surface area (Å²) in [6, 6.07) is 6.80. The third-order valence-electron chi connectivity index (χ3n) is 4.14. The summed E-state index contributed by atoms with van der Waals surface area (Å²) in [6.45, 7) is 10.3. The van der Waals surface area contributed by atoms with E-state index in [0.29, 0.717) is 25.1 Å². The number of hydrogen-bond donors (Lipinski definition) is 2. The minimum absolute atomic E-state index is 0. The number of rotatable bonds is 5.